The molecule has 4 nitrogen and oxygen atoms in total. The summed E-state index contributed by atoms with van der Waals surface area (Å²) < 4.78 is 6.45. The number of hydrogen-bond acceptors (Lipinski definition) is 3. The molecule has 0 aromatic heterocycles. The maximum absolute atomic E-state index is 12.2. The second-order valence-corrected chi connectivity index (χ2v) is 7.21. The van der Waals surface area contributed by atoms with Crippen LogP contribution in [0.4, 0.5) is 0 Å². The lowest BCUT2D eigenvalue weighted by Crippen LogP contribution is -2.47. The van der Waals surface area contributed by atoms with Crippen molar-refractivity contribution in [3.8, 4) is 0 Å². The zero-order chi connectivity index (χ0) is 16.3. The zero-order valence-corrected chi connectivity index (χ0v) is 14.3. The zero-order valence-electron chi connectivity index (χ0n) is 14.3. The number of amides is 1. The van der Waals surface area contributed by atoms with Crippen LogP contribution in [0.25, 0.3) is 0 Å². The summed E-state index contributed by atoms with van der Waals surface area (Å²) in [6.07, 6.45) is 4.65. The van der Waals surface area contributed by atoms with E-state index in [1.165, 1.54) is 6.42 Å². The molecule has 2 aliphatic rings. The highest BCUT2D eigenvalue weighted by atomic mass is 16.5. The van der Waals surface area contributed by atoms with Crippen LogP contribution in [0.2, 0.25) is 0 Å². The number of carbonyl (C=O) groups excluding carboxylic acids is 1. The van der Waals surface area contributed by atoms with E-state index in [-0.39, 0.29) is 17.6 Å². The summed E-state index contributed by atoms with van der Waals surface area (Å²) >= 11 is 0. The Morgan fingerprint density at radius 2 is 2.13 bits per heavy atom. The Morgan fingerprint density at radius 3 is 2.83 bits per heavy atom. The van der Waals surface area contributed by atoms with Crippen molar-refractivity contribution in [3.63, 3.8) is 0 Å². The number of ether oxygens (including phenoxy) is 1. The molecule has 0 radical (unpaired) electrons. The lowest BCUT2D eigenvalue weighted by molar-refractivity contribution is -0.119. The first-order valence-electron chi connectivity index (χ1n) is 8.83. The van der Waals surface area contributed by atoms with Crippen molar-refractivity contribution >= 4 is 5.91 Å². The third-order valence-corrected chi connectivity index (χ3v) is 5.18. The molecule has 2 aliphatic heterocycles. The SMILES string of the molecule is CC(C)N1CC[C@]2(CCC[C@@H](CNC(=O)c3ccccc3)O2)C1. The summed E-state index contributed by atoms with van der Waals surface area (Å²) in [7, 11) is 0. The fourth-order valence-electron chi connectivity index (χ4n) is 3.78. The van der Waals surface area contributed by atoms with E-state index in [9.17, 15) is 4.79 Å². The number of carbonyl (C=O) groups is 1. The van der Waals surface area contributed by atoms with E-state index in [1.807, 2.05) is 30.3 Å². The number of likely N-dealkylation sites (tertiary alicyclic amines) is 1. The minimum Gasteiger partial charge on any atom is -0.369 e. The van der Waals surface area contributed by atoms with Gasteiger partial charge in [0.25, 0.3) is 5.91 Å². The van der Waals surface area contributed by atoms with Gasteiger partial charge >= 0.3 is 0 Å². The first kappa shape index (κ1) is 16.5. The van der Waals surface area contributed by atoms with Crippen molar-refractivity contribution in [3.05, 3.63) is 35.9 Å². The second kappa shape index (κ2) is 7.02. The van der Waals surface area contributed by atoms with E-state index in [4.69, 9.17) is 4.74 Å². The third kappa shape index (κ3) is 3.93. The molecular formula is C19H28N2O2. The molecule has 1 aromatic rings. The van der Waals surface area contributed by atoms with Gasteiger partial charge in [-0.1, -0.05) is 18.2 Å². The predicted octanol–water partition coefficient (Wildman–Crippen LogP) is 2.84. The number of nitrogens with one attached hydrogen (secondary N) is 1. The van der Waals surface area contributed by atoms with Crippen molar-refractivity contribution in [2.24, 2.45) is 0 Å². The standard InChI is InChI=1S/C19H28N2O2/c1-15(2)21-12-11-19(14-21)10-6-9-17(23-19)13-20-18(22)16-7-4-3-5-8-16/h3-5,7-8,15,17H,6,9-14H2,1-2H3,(H,20,22)/t17-,19+/m0/s1. The Kier molecular flexibility index (Phi) is 5.02. The average molecular weight is 316 g/mol. The summed E-state index contributed by atoms with van der Waals surface area (Å²) in [6.45, 7) is 7.27. The summed E-state index contributed by atoms with van der Waals surface area (Å²) in [5, 5.41) is 3.03. The highest BCUT2D eigenvalue weighted by Gasteiger charge is 2.43. The van der Waals surface area contributed by atoms with Crippen LogP contribution in [0.15, 0.2) is 30.3 Å². The molecule has 126 valence electrons. The normalized spacial score (nSPS) is 28.4. The van der Waals surface area contributed by atoms with Crippen LogP contribution < -0.4 is 5.32 Å². The van der Waals surface area contributed by atoms with Crippen LogP contribution in [-0.2, 0) is 4.74 Å². The van der Waals surface area contributed by atoms with Gasteiger partial charge in [-0.05, 0) is 51.7 Å². The molecule has 1 amide bonds. The van der Waals surface area contributed by atoms with E-state index < -0.39 is 0 Å². The van der Waals surface area contributed by atoms with Crippen molar-refractivity contribution in [2.45, 2.75) is 57.3 Å². The third-order valence-electron chi connectivity index (χ3n) is 5.18. The second-order valence-electron chi connectivity index (χ2n) is 7.21. The Labute approximate surface area is 139 Å². The van der Waals surface area contributed by atoms with Crippen LogP contribution in [-0.4, -0.2) is 48.2 Å². The average Bonchev–Trinajstić information content (AvgIpc) is 2.97. The van der Waals surface area contributed by atoms with E-state index in [2.05, 4.69) is 24.1 Å². The van der Waals surface area contributed by atoms with Gasteiger partial charge in [-0.2, -0.15) is 0 Å². The fourth-order valence-corrected chi connectivity index (χ4v) is 3.78. The van der Waals surface area contributed by atoms with Crippen molar-refractivity contribution < 1.29 is 9.53 Å². The fraction of sp³-hybridized carbons (Fsp3) is 0.632. The topological polar surface area (TPSA) is 41.6 Å². The maximum atomic E-state index is 12.2. The molecule has 1 spiro atoms. The van der Waals surface area contributed by atoms with E-state index in [0.29, 0.717) is 18.2 Å². The molecule has 1 N–H and O–H groups in total. The Bertz CT molecular complexity index is 531. The number of benzene rings is 1. The molecule has 3 rings (SSSR count). The molecule has 0 saturated carbocycles. The van der Waals surface area contributed by atoms with Gasteiger partial charge in [0.2, 0.25) is 0 Å². The molecule has 0 unspecified atom stereocenters. The van der Waals surface area contributed by atoms with Crippen molar-refractivity contribution in [2.75, 3.05) is 19.6 Å². The Balaban J connectivity index is 1.52. The monoisotopic (exact) mass is 316 g/mol. The number of hydrogen-bond donors (Lipinski definition) is 1. The predicted molar refractivity (Wildman–Crippen MR) is 91.6 cm³/mol. The largest absolute Gasteiger partial charge is 0.369 e. The Morgan fingerprint density at radius 1 is 1.35 bits per heavy atom. The molecule has 2 fully saturated rings. The van der Waals surface area contributed by atoms with Gasteiger partial charge in [0.05, 0.1) is 11.7 Å². The van der Waals surface area contributed by atoms with E-state index in [1.54, 1.807) is 0 Å². The number of nitrogens with zero attached hydrogens (tertiary/aromatic N) is 1. The molecule has 1 aromatic carbocycles. The molecule has 23 heavy (non-hydrogen) atoms. The highest BCUT2D eigenvalue weighted by Crippen LogP contribution is 2.37. The summed E-state index contributed by atoms with van der Waals surface area (Å²) in [6, 6.07) is 9.97. The van der Waals surface area contributed by atoms with E-state index >= 15 is 0 Å². The first-order chi connectivity index (χ1) is 11.1. The number of rotatable bonds is 4. The van der Waals surface area contributed by atoms with Gasteiger partial charge in [0, 0.05) is 31.2 Å². The summed E-state index contributed by atoms with van der Waals surface area (Å²) in [4.78, 5) is 14.7. The molecule has 0 aliphatic carbocycles. The smallest absolute Gasteiger partial charge is 0.251 e. The summed E-state index contributed by atoms with van der Waals surface area (Å²) in [5.74, 6) is -0.0101. The minimum absolute atomic E-state index is 0.0101. The quantitative estimate of drug-likeness (QED) is 0.929. The minimum atomic E-state index is -0.0101. The Hall–Kier alpha value is -1.39. The van der Waals surface area contributed by atoms with Crippen molar-refractivity contribution in [1.29, 1.82) is 0 Å². The van der Waals surface area contributed by atoms with E-state index in [0.717, 1.165) is 32.4 Å². The van der Waals surface area contributed by atoms with Gasteiger partial charge in [-0.15, -0.1) is 0 Å². The molecule has 2 atom stereocenters. The highest BCUT2D eigenvalue weighted by molar-refractivity contribution is 5.94. The van der Waals surface area contributed by atoms with Gasteiger partial charge in [-0.25, -0.2) is 0 Å². The van der Waals surface area contributed by atoms with Gasteiger partial charge in [0.15, 0.2) is 0 Å². The van der Waals surface area contributed by atoms with Gasteiger partial charge in [0.1, 0.15) is 0 Å². The van der Waals surface area contributed by atoms with Crippen LogP contribution >= 0.6 is 0 Å². The molecule has 2 heterocycles. The molecule has 2 saturated heterocycles. The first-order valence-corrected chi connectivity index (χ1v) is 8.83. The molecule has 4 heteroatoms. The lowest BCUT2D eigenvalue weighted by Gasteiger charge is -2.39. The van der Waals surface area contributed by atoms with Crippen LogP contribution in [0.5, 0.6) is 0 Å². The van der Waals surface area contributed by atoms with Crippen LogP contribution in [0.1, 0.15) is 49.9 Å². The lowest BCUT2D eigenvalue weighted by atomic mass is 9.90. The van der Waals surface area contributed by atoms with Crippen LogP contribution in [0.3, 0.4) is 0 Å². The van der Waals surface area contributed by atoms with Crippen LogP contribution in [0, 0.1) is 0 Å². The maximum Gasteiger partial charge on any atom is 0.251 e. The van der Waals surface area contributed by atoms with Crippen molar-refractivity contribution in [1.82, 2.24) is 10.2 Å². The molecule has 0 bridgehead atoms. The summed E-state index contributed by atoms with van der Waals surface area (Å²) in [5.41, 5.74) is 0.731. The van der Waals surface area contributed by atoms with Gasteiger partial charge < -0.3 is 10.1 Å². The van der Waals surface area contributed by atoms with Gasteiger partial charge in [-0.3, -0.25) is 9.69 Å². The molecular weight excluding hydrogens is 288 g/mol.